The molecule has 0 bridgehead atoms. The highest BCUT2D eigenvalue weighted by atomic mass is 19.1. The van der Waals surface area contributed by atoms with Gasteiger partial charge in [0.15, 0.2) is 22.6 Å². The molecule has 12 N–H and O–H groups in total. The van der Waals surface area contributed by atoms with Crippen LogP contribution in [0.25, 0.3) is 22.6 Å². The Morgan fingerprint density at radius 1 is 0.400 bits per heavy atom. The van der Waals surface area contributed by atoms with Crippen LogP contribution < -0.4 is 86.0 Å². The van der Waals surface area contributed by atoms with Gasteiger partial charge in [0.25, 0.3) is 45.9 Å². The molecule has 0 spiro atoms. The van der Waals surface area contributed by atoms with E-state index < -0.39 is 54.4 Å². The summed E-state index contributed by atoms with van der Waals surface area (Å²) in [5.74, 6) is 2.51. The van der Waals surface area contributed by atoms with Gasteiger partial charge in [0.2, 0.25) is 0 Å². The number of pyridine rings is 4. The Bertz CT molecular complexity index is 6430. The van der Waals surface area contributed by atoms with Crippen molar-refractivity contribution in [2.45, 2.75) is 220 Å². The molecule has 7 aliphatic carbocycles. The lowest BCUT2D eigenvalue weighted by molar-refractivity contribution is -0.0326. The maximum Gasteiger partial charge on any atom is 0.274 e. The van der Waals surface area contributed by atoms with E-state index in [1.165, 1.54) is 38.3 Å². The average molecular weight is 1860 g/mol. The van der Waals surface area contributed by atoms with E-state index in [9.17, 15) is 51.5 Å². The van der Waals surface area contributed by atoms with Crippen LogP contribution in [0, 0.1) is 0 Å². The molecular weight excluding hydrogens is 1750 g/mol. The van der Waals surface area contributed by atoms with Gasteiger partial charge in [0.05, 0.1) is 72.9 Å². The molecule has 40 nitrogen and oxygen atoms in total. The highest BCUT2D eigenvalue weighted by molar-refractivity contribution is 6.03. The minimum Gasteiger partial charge on any atom is -0.381 e. The molecule has 8 aliphatic rings. The van der Waals surface area contributed by atoms with Crippen LogP contribution in [0.1, 0.15) is 201 Å². The molecule has 4 amide bonds. The zero-order chi connectivity index (χ0) is 94.7. The molecule has 8 fully saturated rings. The van der Waals surface area contributed by atoms with Crippen LogP contribution in [-0.2, 0) is 18.9 Å². The van der Waals surface area contributed by atoms with Gasteiger partial charge in [-0.2, -0.15) is 38.5 Å². The van der Waals surface area contributed by atoms with E-state index in [0.29, 0.717) is 123 Å². The molecule has 1 aliphatic heterocycles. The number of hydrogen-bond donors (Lipinski definition) is 12. The zero-order valence-corrected chi connectivity index (χ0v) is 76.5. The van der Waals surface area contributed by atoms with Gasteiger partial charge >= 0.3 is 0 Å². The number of ether oxygens (including phenoxy) is 4. The number of aromatic nitrogens is 16. The smallest absolute Gasteiger partial charge is 0.274 e. The molecule has 1 saturated heterocycles. The summed E-state index contributed by atoms with van der Waals surface area (Å²) in [6.45, 7) is 5.49. The standard InChI is InChI=1S/2C24H30FN7O3.C23H28FN7O3.C21H25N7O3/c2*1-24(35-3)8-6-14(7-9-24)31-10-4-5-17(23(31)34)28-19-12-20(26-2)32-21(30-19)15(13-27-32)22(33)29-18-11-16(18)25;1-25-20-11-19(29-21-15(12-26-31(20)21)22(32)28-18-10-16(18)24)27-17-4-3-9-30(23(17)33)13-5-7-14(34-2)8-6-13;1-22-18-10-17(26-19-15(11-23-28(18)19)20(29)24-13-6-7-13)25-16-5-2-8-27(21(16)30)14-4-3-9-31-12-14/h2*4-5,10,12-14,16,18,26H,6-9,11H2,1-3H3,(H,28,30)(H,29,33);3-4,9,11-14,16,18,25H,5-8,10H2,1-2H3,(H,27,29)(H,28,32);2,5,8,10-11,13-14,22H,3-4,6-7,9,12H2,1H3,(H,24,29)(H,25,26)/t2*14?,16-,18+,24?;13?,14?,16-,18+;14-/m1110/s1. The van der Waals surface area contributed by atoms with Crippen molar-refractivity contribution in [3.63, 3.8) is 0 Å². The second kappa shape index (κ2) is 39.8. The second-order valence-corrected chi connectivity index (χ2v) is 35.9. The molecule has 7 saturated carbocycles. The number of halogens is 3. The maximum absolute atomic E-state index is 13.3. The first kappa shape index (κ1) is 93.0. The number of fused-ring (bicyclic) bond motifs is 4. The van der Waals surface area contributed by atoms with Crippen molar-refractivity contribution in [2.24, 2.45) is 0 Å². The number of amides is 4. The van der Waals surface area contributed by atoms with Crippen LogP contribution in [-0.4, -0.2) is 223 Å². The normalized spacial score (nSPS) is 23.8. The Hall–Kier alpha value is -13.8. The van der Waals surface area contributed by atoms with Crippen LogP contribution in [0.15, 0.2) is 142 Å². The Labute approximate surface area is 772 Å². The van der Waals surface area contributed by atoms with Crippen LogP contribution in [0.5, 0.6) is 0 Å². The minimum atomic E-state index is -1.01. The van der Waals surface area contributed by atoms with E-state index in [0.717, 1.165) is 109 Å². The summed E-state index contributed by atoms with van der Waals surface area (Å²) in [6.07, 6.45) is 25.6. The third kappa shape index (κ3) is 20.6. The van der Waals surface area contributed by atoms with Gasteiger partial charge in [-0.05, 0) is 165 Å². The second-order valence-electron chi connectivity index (χ2n) is 35.9. The van der Waals surface area contributed by atoms with Gasteiger partial charge in [0.1, 0.15) is 110 Å². The molecule has 12 aromatic heterocycles. The summed E-state index contributed by atoms with van der Waals surface area (Å²) in [5, 5.41) is 52.6. The third-order valence-corrected chi connectivity index (χ3v) is 26.5. The molecular formula is C92H113F3N28O12. The topological polar surface area (TPSA) is 458 Å². The van der Waals surface area contributed by atoms with Crippen molar-refractivity contribution in [3.05, 3.63) is 186 Å². The van der Waals surface area contributed by atoms with Crippen molar-refractivity contribution >= 4 is 116 Å². The van der Waals surface area contributed by atoms with Crippen molar-refractivity contribution in [3.8, 4) is 0 Å². The first-order valence-electron chi connectivity index (χ1n) is 45.8. The fourth-order valence-electron chi connectivity index (χ4n) is 17.6. The van der Waals surface area contributed by atoms with Gasteiger partial charge in [-0.25, -0.2) is 33.1 Å². The summed E-state index contributed by atoms with van der Waals surface area (Å²) in [7, 11) is 12.1. The minimum absolute atomic E-state index is 0.0267. The fraction of sp³-hybridized carbons (Fsp3) is 0.478. The largest absolute Gasteiger partial charge is 0.381 e. The van der Waals surface area contributed by atoms with Crippen LogP contribution in [0.4, 0.5) is 82.5 Å². The van der Waals surface area contributed by atoms with E-state index in [1.807, 2.05) is 42.9 Å². The first-order chi connectivity index (χ1) is 65.2. The van der Waals surface area contributed by atoms with Crippen molar-refractivity contribution in [1.29, 1.82) is 0 Å². The zero-order valence-electron chi connectivity index (χ0n) is 76.5. The molecule has 714 valence electrons. The Morgan fingerprint density at radius 3 is 0.948 bits per heavy atom. The third-order valence-electron chi connectivity index (χ3n) is 26.5. The maximum atomic E-state index is 13.3. The lowest BCUT2D eigenvalue weighted by Crippen LogP contribution is -2.36. The Balaban J connectivity index is 0.000000125. The monoisotopic (exact) mass is 1860 g/mol. The summed E-state index contributed by atoms with van der Waals surface area (Å²) in [4.78, 5) is 122. The molecule has 20 rings (SSSR count). The summed E-state index contributed by atoms with van der Waals surface area (Å²) < 4.78 is 75.1. The molecule has 0 unspecified atom stereocenters. The van der Waals surface area contributed by atoms with E-state index in [1.54, 1.807) is 127 Å². The van der Waals surface area contributed by atoms with E-state index in [4.69, 9.17) is 18.9 Å². The van der Waals surface area contributed by atoms with Crippen LogP contribution >= 0.6 is 0 Å². The summed E-state index contributed by atoms with van der Waals surface area (Å²) in [5.41, 5.74) is 3.18. The van der Waals surface area contributed by atoms with E-state index in [2.05, 4.69) is 118 Å². The van der Waals surface area contributed by atoms with E-state index >= 15 is 0 Å². The number of methoxy groups -OCH3 is 3. The number of anilines is 12. The van der Waals surface area contributed by atoms with Crippen LogP contribution in [0.3, 0.4) is 0 Å². The molecule has 0 aromatic carbocycles. The SMILES string of the molecule is CNc1cc(Nc2cccn(C3CCC(C)(OC)CC3)c2=O)nc2c(C(=O)N[C@H]3C[C@H]3F)cnn12.CNc1cc(Nc2cccn(C3CCC(C)(OC)CC3)c2=O)nc2c(C(=O)N[C@H]3C[C@H]3F)cnn12.CNc1cc(Nc2cccn(C3CCC(OC)CC3)c2=O)nc2c(C(=O)N[C@H]3C[C@H]3F)cnn12.CNc1cc(Nc2cccn([C@H]3CCCOC3)c2=O)nc2c(C(=O)NC3CC3)cnn12. The van der Waals surface area contributed by atoms with Gasteiger partial charge < -0.3 is 101 Å². The number of alkyl halides is 3. The molecule has 7 atom stereocenters. The molecule has 43 heteroatoms. The number of nitrogens with one attached hydrogen (secondary N) is 12. The lowest BCUT2D eigenvalue weighted by atomic mass is 9.83. The fourth-order valence-corrected chi connectivity index (χ4v) is 17.6. The average Bonchev–Trinajstić information content (AvgIpc) is 1.63. The number of rotatable bonds is 27. The number of hydrogen-bond acceptors (Lipinski definition) is 28. The van der Waals surface area contributed by atoms with Gasteiger partial charge in [-0.1, -0.05) is 0 Å². The van der Waals surface area contributed by atoms with Crippen LogP contribution in [0.2, 0.25) is 0 Å². The Morgan fingerprint density at radius 2 is 0.689 bits per heavy atom. The predicted octanol–water partition coefficient (Wildman–Crippen LogP) is 10.6. The molecule has 0 radical (unpaired) electrons. The molecule has 13 heterocycles. The van der Waals surface area contributed by atoms with Crippen molar-refractivity contribution < 1.29 is 51.3 Å². The van der Waals surface area contributed by atoms with Gasteiger partial charge in [0, 0.05) is 149 Å². The van der Waals surface area contributed by atoms with E-state index in [-0.39, 0.29) is 92.3 Å². The lowest BCUT2D eigenvalue weighted by Gasteiger charge is -2.36. The quantitative estimate of drug-likeness (QED) is 0.0227. The summed E-state index contributed by atoms with van der Waals surface area (Å²) in [6, 6.07) is 20.3. The first-order valence-corrected chi connectivity index (χ1v) is 45.8. The predicted molar refractivity (Wildman–Crippen MR) is 502 cm³/mol. The van der Waals surface area contributed by atoms with Crippen molar-refractivity contribution in [2.75, 3.05) is 105 Å². The summed E-state index contributed by atoms with van der Waals surface area (Å²) >= 11 is 0. The molecule has 135 heavy (non-hydrogen) atoms. The Kier molecular flexibility index (Phi) is 27.4. The van der Waals surface area contributed by atoms with Crippen molar-refractivity contribution in [1.82, 2.24) is 97.9 Å². The highest BCUT2D eigenvalue weighted by Crippen LogP contribution is 2.40. The van der Waals surface area contributed by atoms with Gasteiger partial charge in [-0.15, -0.1) is 0 Å². The number of carbonyl (C=O) groups is 4. The van der Waals surface area contributed by atoms with Gasteiger partial charge in [-0.3, -0.25) is 38.4 Å². The molecule has 12 aromatic rings. The highest BCUT2D eigenvalue weighted by Gasteiger charge is 2.43. The number of nitrogens with zero attached hydrogens (tertiary/aromatic N) is 16. The number of carbonyl (C=O) groups excluding carboxylic acids is 4.